The Hall–Kier alpha value is -0.920. The minimum absolute atomic E-state index is 0.245. The van der Waals surface area contributed by atoms with E-state index < -0.39 is 0 Å². The summed E-state index contributed by atoms with van der Waals surface area (Å²) in [6, 6.07) is 0. The van der Waals surface area contributed by atoms with Crippen LogP contribution in [0.2, 0.25) is 0 Å². The van der Waals surface area contributed by atoms with Crippen LogP contribution >= 0.6 is 0 Å². The summed E-state index contributed by atoms with van der Waals surface area (Å²) in [5.74, 6) is 3.29. The van der Waals surface area contributed by atoms with E-state index in [1.165, 1.54) is 31.3 Å². The molecule has 0 aromatic carbocycles. The Morgan fingerprint density at radius 2 is 1.83 bits per heavy atom. The van der Waals surface area contributed by atoms with Gasteiger partial charge in [-0.2, -0.15) is 0 Å². The van der Waals surface area contributed by atoms with Crippen molar-refractivity contribution in [2.45, 2.75) is 72.1 Å². The summed E-state index contributed by atoms with van der Waals surface area (Å²) in [6.07, 6.45) is 10.9. The van der Waals surface area contributed by atoms with Crippen molar-refractivity contribution in [1.82, 2.24) is 0 Å². The fourth-order valence-corrected chi connectivity index (χ4v) is 7.23. The first-order chi connectivity index (χ1) is 10.9. The Bertz CT molecular complexity index is 589. The Morgan fingerprint density at radius 3 is 2.57 bits per heavy atom. The topological polar surface area (TPSA) is 34.1 Å². The second kappa shape index (κ2) is 5.04. The average molecular weight is 314 g/mol. The van der Waals surface area contributed by atoms with Gasteiger partial charge in [0.15, 0.2) is 5.78 Å². The van der Waals surface area contributed by atoms with Gasteiger partial charge in [0.1, 0.15) is 5.78 Å². The van der Waals surface area contributed by atoms with E-state index >= 15 is 0 Å². The van der Waals surface area contributed by atoms with Crippen LogP contribution in [-0.2, 0) is 9.59 Å². The molecule has 2 heteroatoms. The standard InChI is InChI=1S/C21H30O2/c1-13(22)17-6-7-18-16-5-4-14-12-15(23)8-10-20(14,2)19(16)9-11-21(17,18)3/h12,16-19H,4-11H2,1-3H3/t16?,17-,18?,19?,20-,21+/m0/s1. The summed E-state index contributed by atoms with van der Waals surface area (Å²) in [6.45, 7) is 6.65. The predicted octanol–water partition coefficient (Wildman–Crippen LogP) is 4.72. The van der Waals surface area contributed by atoms with E-state index in [1.807, 2.05) is 6.08 Å². The molecule has 23 heavy (non-hydrogen) atoms. The lowest BCUT2D eigenvalue weighted by Crippen LogP contribution is -2.51. The van der Waals surface area contributed by atoms with Gasteiger partial charge in [-0.25, -0.2) is 0 Å². The zero-order chi connectivity index (χ0) is 16.4. The quantitative estimate of drug-likeness (QED) is 0.701. The number of carbonyl (C=O) groups is 2. The van der Waals surface area contributed by atoms with Crippen LogP contribution in [0.15, 0.2) is 11.6 Å². The second-order valence-electron chi connectivity index (χ2n) is 9.25. The van der Waals surface area contributed by atoms with Gasteiger partial charge in [0.25, 0.3) is 0 Å². The number of fused-ring (bicyclic) bond motifs is 5. The highest BCUT2D eigenvalue weighted by Gasteiger charge is 2.59. The third kappa shape index (κ3) is 2.06. The molecule has 2 nitrogen and oxygen atoms in total. The molecule has 6 atom stereocenters. The first-order valence-electron chi connectivity index (χ1n) is 9.60. The van der Waals surface area contributed by atoms with Crippen molar-refractivity contribution in [3.63, 3.8) is 0 Å². The predicted molar refractivity (Wildman–Crippen MR) is 90.9 cm³/mol. The molecule has 3 saturated carbocycles. The summed E-state index contributed by atoms with van der Waals surface area (Å²) in [7, 11) is 0. The highest BCUT2D eigenvalue weighted by molar-refractivity contribution is 5.91. The molecule has 4 rings (SSSR count). The largest absolute Gasteiger partial charge is 0.300 e. The molecule has 0 radical (unpaired) electrons. The smallest absolute Gasteiger partial charge is 0.155 e. The molecule has 3 unspecified atom stereocenters. The molecular weight excluding hydrogens is 284 g/mol. The highest BCUT2D eigenvalue weighted by atomic mass is 16.1. The maximum atomic E-state index is 12.1. The molecule has 4 aliphatic rings. The summed E-state index contributed by atoms with van der Waals surface area (Å²) < 4.78 is 0. The van der Waals surface area contributed by atoms with Crippen molar-refractivity contribution < 1.29 is 9.59 Å². The summed E-state index contributed by atoms with van der Waals surface area (Å²) in [5.41, 5.74) is 1.95. The lowest BCUT2D eigenvalue weighted by Gasteiger charge is -2.58. The van der Waals surface area contributed by atoms with Gasteiger partial charge in [0, 0.05) is 12.3 Å². The van der Waals surface area contributed by atoms with E-state index in [9.17, 15) is 9.59 Å². The van der Waals surface area contributed by atoms with Crippen LogP contribution < -0.4 is 0 Å². The monoisotopic (exact) mass is 314 g/mol. The third-order valence-corrected chi connectivity index (χ3v) is 8.45. The van der Waals surface area contributed by atoms with Gasteiger partial charge in [-0.1, -0.05) is 19.4 Å². The minimum atomic E-state index is 0.245. The van der Waals surface area contributed by atoms with Crippen LogP contribution in [0.4, 0.5) is 0 Å². The van der Waals surface area contributed by atoms with Gasteiger partial charge in [0.05, 0.1) is 0 Å². The van der Waals surface area contributed by atoms with Crippen LogP contribution in [0, 0.1) is 34.5 Å². The van der Waals surface area contributed by atoms with E-state index in [-0.39, 0.29) is 10.8 Å². The zero-order valence-electron chi connectivity index (χ0n) is 14.9. The highest BCUT2D eigenvalue weighted by Crippen LogP contribution is 2.66. The molecule has 0 heterocycles. The Balaban J connectivity index is 1.67. The number of hydrogen-bond acceptors (Lipinski definition) is 2. The Morgan fingerprint density at radius 1 is 1.04 bits per heavy atom. The number of rotatable bonds is 1. The van der Waals surface area contributed by atoms with E-state index in [0.29, 0.717) is 17.5 Å². The zero-order valence-corrected chi connectivity index (χ0v) is 14.9. The van der Waals surface area contributed by atoms with E-state index in [0.717, 1.165) is 43.4 Å². The fourth-order valence-electron chi connectivity index (χ4n) is 7.23. The van der Waals surface area contributed by atoms with Crippen LogP contribution in [0.1, 0.15) is 72.1 Å². The maximum Gasteiger partial charge on any atom is 0.155 e. The van der Waals surface area contributed by atoms with Gasteiger partial charge >= 0.3 is 0 Å². The summed E-state index contributed by atoms with van der Waals surface area (Å²) >= 11 is 0. The van der Waals surface area contributed by atoms with Gasteiger partial charge in [-0.05, 0) is 86.5 Å². The molecule has 0 bridgehead atoms. The third-order valence-electron chi connectivity index (χ3n) is 8.45. The van der Waals surface area contributed by atoms with E-state index in [1.54, 1.807) is 6.92 Å². The minimum Gasteiger partial charge on any atom is -0.300 e. The van der Waals surface area contributed by atoms with Crippen molar-refractivity contribution in [3.05, 3.63) is 11.6 Å². The molecule has 0 spiro atoms. The fraction of sp³-hybridized carbons (Fsp3) is 0.810. The Kier molecular flexibility index (Phi) is 3.42. The van der Waals surface area contributed by atoms with Gasteiger partial charge in [0.2, 0.25) is 0 Å². The van der Waals surface area contributed by atoms with Crippen molar-refractivity contribution in [2.24, 2.45) is 34.5 Å². The molecule has 3 fully saturated rings. The number of carbonyl (C=O) groups excluding carboxylic acids is 2. The second-order valence-corrected chi connectivity index (χ2v) is 9.25. The first kappa shape index (κ1) is 15.6. The van der Waals surface area contributed by atoms with Crippen LogP contribution in [0.25, 0.3) is 0 Å². The molecule has 0 aromatic heterocycles. The number of hydrogen-bond donors (Lipinski definition) is 0. The van der Waals surface area contributed by atoms with Crippen LogP contribution in [0.5, 0.6) is 0 Å². The van der Waals surface area contributed by atoms with Gasteiger partial charge in [-0.3, -0.25) is 9.59 Å². The molecule has 0 aromatic rings. The molecule has 0 N–H and O–H groups in total. The van der Waals surface area contributed by atoms with Crippen molar-refractivity contribution in [1.29, 1.82) is 0 Å². The normalized spacial score (nSPS) is 49.0. The molecule has 0 amide bonds. The van der Waals surface area contributed by atoms with Crippen molar-refractivity contribution >= 4 is 11.6 Å². The van der Waals surface area contributed by atoms with Crippen LogP contribution in [-0.4, -0.2) is 11.6 Å². The van der Waals surface area contributed by atoms with Gasteiger partial charge < -0.3 is 0 Å². The molecule has 126 valence electrons. The van der Waals surface area contributed by atoms with E-state index in [4.69, 9.17) is 0 Å². The molecule has 0 aliphatic heterocycles. The maximum absolute atomic E-state index is 12.1. The lowest BCUT2D eigenvalue weighted by atomic mass is 9.47. The summed E-state index contributed by atoms with van der Waals surface area (Å²) in [5, 5.41) is 0. The number of Topliss-reactive ketones (excluding diaryl/α,β-unsaturated/α-hetero) is 1. The van der Waals surface area contributed by atoms with Crippen molar-refractivity contribution in [3.8, 4) is 0 Å². The number of allylic oxidation sites excluding steroid dienone is 1. The van der Waals surface area contributed by atoms with Crippen LogP contribution in [0.3, 0.4) is 0 Å². The molecule has 4 aliphatic carbocycles. The first-order valence-corrected chi connectivity index (χ1v) is 9.60. The molecular formula is C21H30O2. The van der Waals surface area contributed by atoms with Gasteiger partial charge in [-0.15, -0.1) is 0 Å². The molecule has 0 saturated heterocycles. The lowest BCUT2D eigenvalue weighted by molar-refractivity contribution is -0.128. The van der Waals surface area contributed by atoms with Crippen molar-refractivity contribution in [2.75, 3.05) is 0 Å². The average Bonchev–Trinajstić information content (AvgIpc) is 2.85. The Labute approximate surface area is 140 Å². The number of ketones is 2. The summed E-state index contributed by atoms with van der Waals surface area (Å²) in [4.78, 5) is 24.0. The van der Waals surface area contributed by atoms with E-state index in [2.05, 4.69) is 13.8 Å². The SMILES string of the molecule is CC(=O)[C@@H]1CCC2C3CCC4=CC(=O)CC[C@]4(C)C3CC[C@@]21C.